The number of benzene rings is 2. The average molecular weight is 730 g/mol. The van der Waals surface area contributed by atoms with Gasteiger partial charge in [-0.15, -0.1) is 0 Å². The van der Waals surface area contributed by atoms with Gasteiger partial charge in [0, 0.05) is 55.2 Å². The van der Waals surface area contributed by atoms with E-state index in [4.69, 9.17) is 4.74 Å². The van der Waals surface area contributed by atoms with Gasteiger partial charge < -0.3 is 19.1 Å². The molecule has 3 aliphatic heterocycles. The van der Waals surface area contributed by atoms with Crippen molar-refractivity contribution < 1.29 is 22.7 Å². The van der Waals surface area contributed by atoms with E-state index in [1.54, 1.807) is 13.2 Å². The third kappa shape index (κ3) is 6.55. The number of likely N-dealkylation sites (tertiary alicyclic amines) is 1. The zero-order chi connectivity index (χ0) is 36.2. The van der Waals surface area contributed by atoms with Gasteiger partial charge in [-0.25, -0.2) is 4.72 Å². The Hall–Kier alpha value is -3.41. The molecule has 2 aromatic carbocycles. The van der Waals surface area contributed by atoms with Crippen molar-refractivity contribution in [1.82, 2.24) is 23.4 Å². The van der Waals surface area contributed by atoms with Crippen LogP contribution in [0.4, 0.5) is 0 Å². The standard InChI is InChI=1S/C41H55N5O5S/c1-43(2)52(49,50)42-39(47)30-14-19-35-36(24-30)45(38(29-12-17-34(51-3)18-13-29)37(35)28-10-6-4-7-11-28)27-41(20-21-41)40(48)46-31-15-16-32(46)26-33(25-31)44-22-8-5-9-23-44/h12-14,17-19,24,28,31-33H,4-11,15-16,20-23,25-27H2,1-3H3,(H,42,47). The quantitative estimate of drug-likeness (QED) is 0.250. The van der Waals surface area contributed by atoms with Crippen LogP contribution in [-0.2, 0) is 21.5 Å². The predicted molar refractivity (Wildman–Crippen MR) is 204 cm³/mol. The van der Waals surface area contributed by atoms with Crippen LogP contribution in [0.3, 0.4) is 0 Å². The fourth-order valence-corrected chi connectivity index (χ4v) is 10.6. The summed E-state index contributed by atoms with van der Waals surface area (Å²) in [6, 6.07) is 15.0. The number of nitrogens with zero attached hydrogens (tertiary/aromatic N) is 4. The summed E-state index contributed by atoms with van der Waals surface area (Å²) in [6.45, 7) is 2.92. The first kappa shape index (κ1) is 35.6. The number of fused-ring (bicyclic) bond motifs is 3. The van der Waals surface area contributed by atoms with Crippen LogP contribution < -0.4 is 9.46 Å². The van der Waals surface area contributed by atoms with Crippen molar-refractivity contribution >= 4 is 32.9 Å². The molecular weight excluding hydrogens is 675 g/mol. The van der Waals surface area contributed by atoms with E-state index < -0.39 is 21.5 Å². The first-order chi connectivity index (χ1) is 25.1. The lowest BCUT2D eigenvalue weighted by Crippen LogP contribution is -2.55. The number of amides is 2. The van der Waals surface area contributed by atoms with E-state index in [1.165, 1.54) is 71.3 Å². The summed E-state index contributed by atoms with van der Waals surface area (Å²) in [4.78, 5) is 33.5. The number of methoxy groups -OCH3 is 1. The van der Waals surface area contributed by atoms with Gasteiger partial charge >= 0.3 is 10.2 Å². The molecule has 11 heteroatoms. The van der Waals surface area contributed by atoms with Crippen molar-refractivity contribution in [2.75, 3.05) is 34.3 Å². The first-order valence-electron chi connectivity index (χ1n) is 19.7. The molecule has 5 aliphatic rings. The van der Waals surface area contributed by atoms with Crippen LogP contribution in [0.25, 0.3) is 22.2 Å². The highest BCUT2D eigenvalue weighted by atomic mass is 32.2. The minimum atomic E-state index is -3.98. The third-order valence-electron chi connectivity index (χ3n) is 13.1. The maximum atomic E-state index is 14.9. The Morgan fingerprint density at radius 1 is 0.865 bits per heavy atom. The van der Waals surface area contributed by atoms with Gasteiger partial charge in [0.05, 0.1) is 18.2 Å². The molecule has 2 saturated carbocycles. The van der Waals surface area contributed by atoms with E-state index in [2.05, 4.69) is 31.2 Å². The van der Waals surface area contributed by atoms with Crippen molar-refractivity contribution in [3.63, 3.8) is 0 Å². The molecule has 3 aromatic rings. The van der Waals surface area contributed by atoms with Gasteiger partial charge in [0.1, 0.15) is 5.75 Å². The largest absolute Gasteiger partial charge is 0.497 e. The smallest absolute Gasteiger partial charge is 0.303 e. The summed E-state index contributed by atoms with van der Waals surface area (Å²) in [5.41, 5.74) is 4.11. The molecule has 52 heavy (non-hydrogen) atoms. The van der Waals surface area contributed by atoms with Gasteiger partial charge in [-0.2, -0.15) is 12.7 Å². The van der Waals surface area contributed by atoms with Gasteiger partial charge in [0.2, 0.25) is 5.91 Å². The molecule has 10 nitrogen and oxygen atoms in total. The number of piperidine rings is 2. The zero-order valence-corrected chi connectivity index (χ0v) is 31.9. The molecule has 8 rings (SSSR count). The predicted octanol–water partition coefficient (Wildman–Crippen LogP) is 6.69. The molecule has 2 aliphatic carbocycles. The number of carbonyl (C=O) groups excluding carboxylic acids is 2. The molecule has 1 aromatic heterocycles. The van der Waals surface area contributed by atoms with E-state index in [0.29, 0.717) is 36.5 Å². The minimum Gasteiger partial charge on any atom is -0.497 e. The molecule has 3 saturated heterocycles. The van der Waals surface area contributed by atoms with Crippen LogP contribution in [0, 0.1) is 5.41 Å². The topological polar surface area (TPSA) is 104 Å². The summed E-state index contributed by atoms with van der Waals surface area (Å²) in [7, 11) is 0.496. The van der Waals surface area contributed by atoms with Crippen molar-refractivity contribution in [2.24, 2.45) is 5.41 Å². The van der Waals surface area contributed by atoms with Crippen molar-refractivity contribution in [3.05, 3.63) is 53.6 Å². The lowest BCUT2D eigenvalue weighted by atomic mass is 9.81. The summed E-state index contributed by atoms with van der Waals surface area (Å²) in [5.74, 6) is 0.770. The highest BCUT2D eigenvalue weighted by molar-refractivity contribution is 7.87. The Morgan fingerprint density at radius 2 is 1.52 bits per heavy atom. The van der Waals surface area contributed by atoms with E-state index in [9.17, 15) is 18.0 Å². The molecule has 2 amide bonds. The van der Waals surface area contributed by atoms with Gasteiger partial charge in [-0.3, -0.25) is 9.59 Å². The monoisotopic (exact) mass is 729 g/mol. The van der Waals surface area contributed by atoms with Crippen molar-refractivity contribution in [3.8, 4) is 17.0 Å². The minimum absolute atomic E-state index is 0.280. The zero-order valence-electron chi connectivity index (χ0n) is 31.1. The number of carbonyl (C=O) groups is 2. The fraction of sp³-hybridized carbons (Fsp3) is 0.610. The lowest BCUT2D eigenvalue weighted by molar-refractivity contribution is -0.143. The number of hydrogen-bond donors (Lipinski definition) is 1. The van der Waals surface area contributed by atoms with Crippen molar-refractivity contribution in [1.29, 1.82) is 0 Å². The molecule has 0 radical (unpaired) electrons. The highest BCUT2D eigenvalue weighted by Gasteiger charge is 2.57. The molecule has 2 bridgehead atoms. The van der Waals surface area contributed by atoms with E-state index in [0.717, 1.165) is 83.6 Å². The highest BCUT2D eigenvalue weighted by Crippen LogP contribution is 2.54. The Bertz CT molecular complexity index is 1910. The number of rotatable bonds is 10. The SMILES string of the molecule is COc1ccc(-c2c(C3CCCCC3)c3ccc(C(=O)NS(=O)(=O)N(C)C)cc3n2CC2(C(=O)N3C4CCC3CC(N3CCCCC3)C4)CC2)cc1. The Kier molecular flexibility index (Phi) is 9.66. The summed E-state index contributed by atoms with van der Waals surface area (Å²) < 4.78 is 36.4. The summed E-state index contributed by atoms with van der Waals surface area (Å²) >= 11 is 0. The van der Waals surface area contributed by atoms with E-state index >= 15 is 0 Å². The van der Waals surface area contributed by atoms with Gasteiger partial charge in [-0.1, -0.05) is 31.7 Å². The Labute approximate surface area is 309 Å². The van der Waals surface area contributed by atoms with Crippen LogP contribution in [0.5, 0.6) is 5.75 Å². The molecule has 1 N–H and O–H groups in total. The number of aromatic nitrogens is 1. The number of hydrogen-bond acceptors (Lipinski definition) is 6. The van der Waals surface area contributed by atoms with E-state index in [1.807, 2.05) is 24.3 Å². The second kappa shape index (κ2) is 14.1. The molecular formula is C41H55N5O5S. The molecule has 2 unspecified atom stereocenters. The van der Waals surface area contributed by atoms with Crippen LogP contribution in [0.15, 0.2) is 42.5 Å². The summed E-state index contributed by atoms with van der Waals surface area (Å²) in [5, 5.41) is 1.08. The fourth-order valence-electron chi connectivity index (χ4n) is 10.0. The number of ether oxygens (including phenoxy) is 1. The van der Waals surface area contributed by atoms with Crippen LogP contribution in [0.2, 0.25) is 0 Å². The molecule has 5 fully saturated rings. The maximum Gasteiger partial charge on any atom is 0.303 e. The maximum absolute atomic E-state index is 14.9. The van der Waals surface area contributed by atoms with Crippen LogP contribution >= 0.6 is 0 Å². The van der Waals surface area contributed by atoms with Crippen LogP contribution in [0.1, 0.15) is 112 Å². The first-order valence-corrected chi connectivity index (χ1v) is 21.1. The Morgan fingerprint density at radius 3 is 2.13 bits per heavy atom. The normalized spacial score (nSPS) is 25.1. The molecule has 280 valence electrons. The third-order valence-corrected chi connectivity index (χ3v) is 14.5. The summed E-state index contributed by atoms with van der Waals surface area (Å²) in [6.07, 6.45) is 15.7. The molecule has 0 spiro atoms. The Balaban J connectivity index is 1.20. The van der Waals surface area contributed by atoms with Gasteiger partial charge in [0.15, 0.2) is 0 Å². The van der Waals surface area contributed by atoms with Gasteiger partial charge in [0.25, 0.3) is 5.91 Å². The van der Waals surface area contributed by atoms with Crippen LogP contribution in [-0.4, -0.2) is 91.3 Å². The number of nitrogens with one attached hydrogen (secondary N) is 1. The van der Waals surface area contributed by atoms with Crippen molar-refractivity contribution in [2.45, 2.75) is 120 Å². The molecule has 2 atom stereocenters. The lowest BCUT2D eigenvalue weighted by Gasteiger charge is -2.45. The molecule has 4 heterocycles. The van der Waals surface area contributed by atoms with Gasteiger partial charge in [-0.05, 0) is 131 Å². The second-order valence-electron chi connectivity index (χ2n) is 16.5. The second-order valence-corrected chi connectivity index (χ2v) is 18.3. The van der Waals surface area contributed by atoms with E-state index in [-0.39, 0.29) is 5.56 Å². The average Bonchev–Trinajstić information content (AvgIpc) is 3.82.